The van der Waals surface area contributed by atoms with E-state index in [0.717, 1.165) is 10.0 Å². The molecule has 0 radical (unpaired) electrons. The minimum atomic E-state index is -0.394. The molecule has 0 atom stereocenters. The van der Waals surface area contributed by atoms with Crippen LogP contribution in [0.4, 0.5) is 0 Å². The van der Waals surface area contributed by atoms with E-state index in [4.69, 9.17) is 4.98 Å². The number of nitrogens with one attached hydrogen (secondary N) is 1. The standard InChI is InChI=1S/C24H18BrN3O3/c1-14(18-11-10-17(29)12-23(18)30)27-28-24(31)20-13-22(15-6-8-16(25)9-7-15)26-21-5-3-2-4-19(20)21/h2-13,29-30H,1H3,(H,28,31)/b27-14+. The number of phenolic OH excluding ortho intramolecular Hbond substituents is 2. The van der Waals surface area contributed by atoms with Crippen molar-refractivity contribution in [2.75, 3.05) is 0 Å². The molecule has 0 saturated carbocycles. The van der Waals surface area contributed by atoms with Crippen molar-refractivity contribution < 1.29 is 15.0 Å². The summed E-state index contributed by atoms with van der Waals surface area (Å²) in [6, 6.07) is 21.1. The lowest BCUT2D eigenvalue weighted by Crippen LogP contribution is -2.20. The van der Waals surface area contributed by atoms with E-state index in [1.807, 2.05) is 48.5 Å². The number of pyridine rings is 1. The molecule has 0 aliphatic heterocycles. The van der Waals surface area contributed by atoms with Gasteiger partial charge < -0.3 is 10.2 Å². The number of hydrazone groups is 1. The van der Waals surface area contributed by atoms with Crippen molar-refractivity contribution in [3.63, 3.8) is 0 Å². The van der Waals surface area contributed by atoms with Crippen LogP contribution in [-0.4, -0.2) is 26.8 Å². The Kier molecular flexibility index (Phi) is 5.68. The first-order valence-electron chi connectivity index (χ1n) is 9.45. The number of fused-ring (bicyclic) bond motifs is 1. The van der Waals surface area contributed by atoms with Gasteiger partial charge in [0.1, 0.15) is 11.5 Å². The zero-order valence-electron chi connectivity index (χ0n) is 16.5. The number of aromatic hydroxyl groups is 2. The van der Waals surface area contributed by atoms with E-state index >= 15 is 0 Å². The van der Waals surface area contributed by atoms with Gasteiger partial charge in [-0.2, -0.15) is 5.10 Å². The van der Waals surface area contributed by atoms with Gasteiger partial charge in [-0.15, -0.1) is 0 Å². The minimum absolute atomic E-state index is 0.0539. The summed E-state index contributed by atoms with van der Waals surface area (Å²) in [6.45, 7) is 1.66. The van der Waals surface area contributed by atoms with Crippen LogP contribution in [0.15, 0.2) is 82.4 Å². The Morgan fingerprint density at radius 1 is 0.968 bits per heavy atom. The van der Waals surface area contributed by atoms with Crippen molar-refractivity contribution in [3.05, 3.63) is 88.4 Å². The number of nitrogens with zero attached hydrogens (tertiary/aromatic N) is 2. The summed E-state index contributed by atoms with van der Waals surface area (Å²) in [5, 5.41) is 24.3. The quantitative estimate of drug-likeness (QED) is 0.278. The van der Waals surface area contributed by atoms with E-state index in [1.54, 1.807) is 13.0 Å². The number of benzene rings is 3. The molecule has 4 rings (SSSR count). The predicted octanol–water partition coefficient (Wildman–Crippen LogP) is 5.23. The average molecular weight is 476 g/mol. The zero-order valence-corrected chi connectivity index (χ0v) is 18.1. The zero-order chi connectivity index (χ0) is 22.0. The van der Waals surface area contributed by atoms with Gasteiger partial charge >= 0.3 is 0 Å². The molecule has 4 aromatic rings. The van der Waals surface area contributed by atoms with Crippen molar-refractivity contribution in [1.29, 1.82) is 0 Å². The first kappa shape index (κ1) is 20.6. The monoisotopic (exact) mass is 475 g/mol. The number of phenols is 2. The molecule has 0 aliphatic carbocycles. The summed E-state index contributed by atoms with van der Waals surface area (Å²) >= 11 is 3.43. The normalized spacial score (nSPS) is 11.5. The van der Waals surface area contributed by atoms with Crippen molar-refractivity contribution in [2.45, 2.75) is 6.92 Å². The molecular weight excluding hydrogens is 458 g/mol. The lowest BCUT2D eigenvalue weighted by atomic mass is 10.0. The van der Waals surface area contributed by atoms with Gasteiger partial charge in [0.25, 0.3) is 5.91 Å². The van der Waals surface area contributed by atoms with E-state index in [1.165, 1.54) is 18.2 Å². The maximum Gasteiger partial charge on any atom is 0.272 e. The summed E-state index contributed by atoms with van der Waals surface area (Å²) in [4.78, 5) is 17.7. The number of para-hydroxylation sites is 1. The molecule has 6 nitrogen and oxygen atoms in total. The van der Waals surface area contributed by atoms with Gasteiger partial charge in [-0.05, 0) is 43.3 Å². The highest BCUT2D eigenvalue weighted by Gasteiger charge is 2.14. The molecule has 0 unspecified atom stereocenters. The predicted molar refractivity (Wildman–Crippen MR) is 124 cm³/mol. The number of amides is 1. The number of aromatic nitrogens is 1. The Morgan fingerprint density at radius 3 is 2.45 bits per heavy atom. The fraction of sp³-hybridized carbons (Fsp3) is 0.0417. The van der Waals surface area contributed by atoms with Crippen LogP contribution in [-0.2, 0) is 0 Å². The van der Waals surface area contributed by atoms with Crippen LogP contribution in [0.1, 0.15) is 22.8 Å². The highest BCUT2D eigenvalue weighted by molar-refractivity contribution is 9.10. The average Bonchev–Trinajstić information content (AvgIpc) is 2.77. The van der Waals surface area contributed by atoms with Crippen LogP contribution in [0.25, 0.3) is 22.2 Å². The maximum absolute atomic E-state index is 13.0. The molecule has 1 amide bonds. The number of carbonyl (C=O) groups excluding carboxylic acids is 1. The third kappa shape index (κ3) is 4.41. The molecule has 1 aromatic heterocycles. The van der Waals surface area contributed by atoms with E-state index in [0.29, 0.717) is 33.4 Å². The lowest BCUT2D eigenvalue weighted by Gasteiger charge is -2.10. The summed E-state index contributed by atoms with van der Waals surface area (Å²) in [5.41, 5.74) is 6.07. The lowest BCUT2D eigenvalue weighted by molar-refractivity contribution is 0.0956. The van der Waals surface area contributed by atoms with E-state index in [9.17, 15) is 15.0 Å². The van der Waals surface area contributed by atoms with Crippen LogP contribution in [0.3, 0.4) is 0 Å². The van der Waals surface area contributed by atoms with Gasteiger partial charge in [0.15, 0.2) is 0 Å². The highest BCUT2D eigenvalue weighted by Crippen LogP contribution is 2.26. The van der Waals surface area contributed by atoms with Crippen LogP contribution in [0.2, 0.25) is 0 Å². The molecule has 0 spiro atoms. The van der Waals surface area contributed by atoms with E-state index < -0.39 is 5.91 Å². The van der Waals surface area contributed by atoms with Gasteiger partial charge in [-0.1, -0.05) is 46.3 Å². The number of halogens is 1. The second kappa shape index (κ2) is 8.57. The first-order valence-corrected chi connectivity index (χ1v) is 10.2. The SMILES string of the molecule is C/C(=N\NC(=O)c1cc(-c2ccc(Br)cc2)nc2ccccc12)c1ccc(O)cc1O. The second-order valence-corrected chi connectivity index (χ2v) is 7.83. The summed E-state index contributed by atoms with van der Waals surface area (Å²) in [5.74, 6) is -0.571. The van der Waals surface area contributed by atoms with Crippen LogP contribution < -0.4 is 5.43 Å². The van der Waals surface area contributed by atoms with Crippen LogP contribution in [0.5, 0.6) is 11.5 Å². The summed E-state index contributed by atoms with van der Waals surface area (Å²) in [6.07, 6.45) is 0. The highest BCUT2D eigenvalue weighted by atomic mass is 79.9. The Labute approximate surface area is 187 Å². The molecule has 3 aromatic carbocycles. The van der Waals surface area contributed by atoms with Crippen molar-refractivity contribution >= 4 is 38.5 Å². The summed E-state index contributed by atoms with van der Waals surface area (Å²) < 4.78 is 0.956. The van der Waals surface area contributed by atoms with Crippen LogP contribution >= 0.6 is 15.9 Å². The first-order chi connectivity index (χ1) is 14.9. The molecule has 0 aliphatic rings. The summed E-state index contributed by atoms with van der Waals surface area (Å²) in [7, 11) is 0. The Balaban J connectivity index is 1.70. The van der Waals surface area contributed by atoms with Gasteiger partial charge in [0.05, 0.1) is 22.5 Å². The number of hydrogen-bond acceptors (Lipinski definition) is 5. The third-order valence-corrected chi connectivity index (χ3v) is 5.33. The largest absolute Gasteiger partial charge is 0.508 e. The van der Waals surface area contributed by atoms with E-state index in [-0.39, 0.29) is 11.5 Å². The molecule has 1 heterocycles. The van der Waals surface area contributed by atoms with E-state index in [2.05, 4.69) is 26.5 Å². The van der Waals surface area contributed by atoms with Crippen LogP contribution in [0, 0.1) is 0 Å². The van der Waals surface area contributed by atoms with Crippen molar-refractivity contribution in [2.24, 2.45) is 5.10 Å². The molecule has 0 fully saturated rings. The van der Waals surface area contributed by atoms with Gasteiger partial charge in [0.2, 0.25) is 0 Å². The molecule has 3 N–H and O–H groups in total. The molecule has 154 valence electrons. The van der Waals surface area contributed by atoms with Gasteiger partial charge in [0, 0.05) is 27.1 Å². The smallest absolute Gasteiger partial charge is 0.272 e. The fourth-order valence-electron chi connectivity index (χ4n) is 3.21. The Hall–Kier alpha value is -3.71. The van der Waals surface area contributed by atoms with Gasteiger partial charge in [-0.25, -0.2) is 10.4 Å². The molecule has 0 saturated heterocycles. The molecule has 7 heteroatoms. The minimum Gasteiger partial charge on any atom is -0.508 e. The Morgan fingerprint density at radius 2 is 1.71 bits per heavy atom. The number of rotatable bonds is 4. The maximum atomic E-state index is 13.0. The second-order valence-electron chi connectivity index (χ2n) is 6.92. The Bertz CT molecular complexity index is 1320. The molecule has 31 heavy (non-hydrogen) atoms. The fourth-order valence-corrected chi connectivity index (χ4v) is 3.48. The molecular formula is C24H18BrN3O3. The van der Waals surface area contributed by atoms with Gasteiger partial charge in [-0.3, -0.25) is 4.79 Å². The molecule has 0 bridgehead atoms. The third-order valence-electron chi connectivity index (χ3n) is 4.80. The number of hydrogen-bond donors (Lipinski definition) is 3. The topological polar surface area (TPSA) is 94.8 Å². The van der Waals surface area contributed by atoms with Crippen molar-refractivity contribution in [1.82, 2.24) is 10.4 Å². The van der Waals surface area contributed by atoms with Crippen molar-refractivity contribution in [3.8, 4) is 22.8 Å². The number of carbonyl (C=O) groups is 1.